The number of hydrogen-bond donors (Lipinski definition) is 2. The maximum absolute atomic E-state index is 5.74. The van der Waals surface area contributed by atoms with Gasteiger partial charge < -0.3 is 20.1 Å². The lowest BCUT2D eigenvalue weighted by atomic mass is 9.84. The fraction of sp³-hybridized carbons (Fsp3) is 0.947. The van der Waals surface area contributed by atoms with E-state index in [2.05, 4.69) is 45.3 Å². The summed E-state index contributed by atoms with van der Waals surface area (Å²) < 4.78 is 11.1. The van der Waals surface area contributed by atoms with Crippen LogP contribution in [0.2, 0.25) is 0 Å². The zero-order valence-corrected chi connectivity index (χ0v) is 16.5. The van der Waals surface area contributed by atoms with E-state index in [-0.39, 0.29) is 5.41 Å². The van der Waals surface area contributed by atoms with Crippen molar-refractivity contribution in [2.24, 2.45) is 22.2 Å². The van der Waals surface area contributed by atoms with Crippen LogP contribution in [0.15, 0.2) is 4.99 Å². The van der Waals surface area contributed by atoms with Crippen molar-refractivity contribution in [3.05, 3.63) is 0 Å². The molecular formula is C19H39N3O2. The van der Waals surface area contributed by atoms with E-state index in [4.69, 9.17) is 14.5 Å². The molecule has 1 atom stereocenters. The van der Waals surface area contributed by atoms with E-state index in [9.17, 15) is 0 Å². The van der Waals surface area contributed by atoms with E-state index >= 15 is 0 Å². The van der Waals surface area contributed by atoms with Gasteiger partial charge in [0.25, 0.3) is 0 Å². The molecule has 0 radical (unpaired) electrons. The second-order valence-electron chi connectivity index (χ2n) is 8.04. The van der Waals surface area contributed by atoms with Crippen molar-refractivity contribution in [3.63, 3.8) is 0 Å². The van der Waals surface area contributed by atoms with Crippen molar-refractivity contribution < 1.29 is 9.47 Å². The van der Waals surface area contributed by atoms with Crippen LogP contribution in [0.1, 0.15) is 53.9 Å². The van der Waals surface area contributed by atoms with Crippen LogP contribution in [0.5, 0.6) is 0 Å². The highest BCUT2D eigenvalue weighted by atomic mass is 16.5. The molecule has 5 heteroatoms. The van der Waals surface area contributed by atoms with Gasteiger partial charge in [-0.2, -0.15) is 0 Å². The second kappa shape index (κ2) is 11.7. The summed E-state index contributed by atoms with van der Waals surface area (Å²) >= 11 is 0. The number of nitrogens with one attached hydrogen (secondary N) is 2. The fourth-order valence-corrected chi connectivity index (χ4v) is 3.15. The number of hydrogen-bond acceptors (Lipinski definition) is 3. The predicted octanol–water partition coefficient (Wildman–Crippen LogP) is 3.06. The van der Waals surface area contributed by atoms with Gasteiger partial charge in [0.2, 0.25) is 0 Å². The average molecular weight is 342 g/mol. The molecule has 0 bridgehead atoms. The highest BCUT2D eigenvalue weighted by molar-refractivity contribution is 5.79. The van der Waals surface area contributed by atoms with Crippen molar-refractivity contribution in [1.29, 1.82) is 0 Å². The van der Waals surface area contributed by atoms with Gasteiger partial charge >= 0.3 is 0 Å². The Morgan fingerprint density at radius 3 is 2.75 bits per heavy atom. The Labute approximate surface area is 149 Å². The summed E-state index contributed by atoms with van der Waals surface area (Å²) in [6.07, 6.45) is 3.32. The van der Waals surface area contributed by atoms with Gasteiger partial charge in [-0.15, -0.1) is 0 Å². The Hall–Kier alpha value is -0.810. The van der Waals surface area contributed by atoms with Gasteiger partial charge in [0.15, 0.2) is 5.96 Å². The maximum atomic E-state index is 5.74. The molecule has 24 heavy (non-hydrogen) atoms. The van der Waals surface area contributed by atoms with Gasteiger partial charge in [-0.3, -0.25) is 4.99 Å². The van der Waals surface area contributed by atoms with Crippen LogP contribution in [0.4, 0.5) is 0 Å². The van der Waals surface area contributed by atoms with E-state index in [0.29, 0.717) is 11.8 Å². The van der Waals surface area contributed by atoms with Crippen LogP contribution < -0.4 is 10.6 Å². The molecule has 0 aliphatic carbocycles. The molecule has 2 N–H and O–H groups in total. The molecule has 0 aromatic carbocycles. The molecule has 142 valence electrons. The zero-order valence-electron chi connectivity index (χ0n) is 16.5. The lowest BCUT2D eigenvalue weighted by Crippen LogP contribution is -2.39. The predicted molar refractivity (Wildman–Crippen MR) is 102 cm³/mol. The van der Waals surface area contributed by atoms with Crippen LogP contribution in [-0.2, 0) is 9.47 Å². The second-order valence-corrected chi connectivity index (χ2v) is 8.04. The third kappa shape index (κ3) is 10.1. The van der Waals surface area contributed by atoms with Crippen LogP contribution in [0.25, 0.3) is 0 Å². The molecular weight excluding hydrogens is 302 g/mol. The minimum absolute atomic E-state index is 0.239. The molecule has 5 nitrogen and oxygen atoms in total. The van der Waals surface area contributed by atoms with Gasteiger partial charge in [0.05, 0.1) is 13.2 Å². The molecule has 1 saturated heterocycles. The molecule has 0 saturated carbocycles. The van der Waals surface area contributed by atoms with Gasteiger partial charge in [0.1, 0.15) is 0 Å². The highest BCUT2D eigenvalue weighted by Crippen LogP contribution is 2.25. The first-order chi connectivity index (χ1) is 11.4. The summed E-state index contributed by atoms with van der Waals surface area (Å²) in [5.74, 6) is 2.21. The van der Waals surface area contributed by atoms with E-state index < -0.39 is 0 Å². The first kappa shape index (κ1) is 21.2. The number of rotatable bonds is 11. The van der Waals surface area contributed by atoms with Crippen molar-refractivity contribution in [3.8, 4) is 0 Å². The molecule has 0 aromatic rings. The average Bonchev–Trinajstić information content (AvgIpc) is 3.00. The first-order valence-electron chi connectivity index (χ1n) is 9.60. The third-order valence-corrected chi connectivity index (χ3v) is 4.11. The SMILES string of the molecule is CCNC(=NCC(C)(C)CC(C)C)NCCCOCC1CCOC1. The van der Waals surface area contributed by atoms with E-state index in [0.717, 1.165) is 64.9 Å². The maximum Gasteiger partial charge on any atom is 0.191 e. The smallest absolute Gasteiger partial charge is 0.191 e. The Balaban J connectivity index is 2.20. The number of ether oxygens (including phenoxy) is 2. The summed E-state index contributed by atoms with van der Waals surface area (Å²) in [5.41, 5.74) is 0.239. The van der Waals surface area contributed by atoms with Gasteiger partial charge in [-0.25, -0.2) is 0 Å². The summed E-state index contributed by atoms with van der Waals surface area (Å²) in [6.45, 7) is 17.2. The van der Waals surface area contributed by atoms with Crippen LogP contribution in [0, 0.1) is 17.3 Å². The van der Waals surface area contributed by atoms with Gasteiger partial charge in [-0.05, 0) is 37.5 Å². The molecule has 0 aromatic heterocycles. The Morgan fingerprint density at radius 2 is 2.12 bits per heavy atom. The molecule has 1 heterocycles. The molecule has 1 fully saturated rings. The van der Waals surface area contributed by atoms with Gasteiger partial charge in [-0.1, -0.05) is 27.7 Å². The van der Waals surface area contributed by atoms with E-state index in [1.165, 1.54) is 6.42 Å². The van der Waals surface area contributed by atoms with Crippen molar-refractivity contribution >= 4 is 5.96 Å². The number of nitrogens with zero attached hydrogens (tertiary/aromatic N) is 1. The van der Waals surface area contributed by atoms with Crippen molar-refractivity contribution in [1.82, 2.24) is 10.6 Å². The first-order valence-corrected chi connectivity index (χ1v) is 9.60. The largest absolute Gasteiger partial charge is 0.381 e. The van der Waals surface area contributed by atoms with Gasteiger partial charge in [0, 0.05) is 38.8 Å². The number of aliphatic imine (C=N–C) groups is 1. The normalized spacial score (nSPS) is 19.1. The highest BCUT2D eigenvalue weighted by Gasteiger charge is 2.19. The molecule has 1 unspecified atom stereocenters. The minimum Gasteiger partial charge on any atom is -0.381 e. The van der Waals surface area contributed by atoms with Crippen molar-refractivity contribution in [2.45, 2.75) is 53.9 Å². The fourth-order valence-electron chi connectivity index (χ4n) is 3.15. The molecule has 0 amide bonds. The topological polar surface area (TPSA) is 54.9 Å². The van der Waals surface area contributed by atoms with Crippen LogP contribution >= 0.6 is 0 Å². The third-order valence-electron chi connectivity index (χ3n) is 4.11. The molecule has 1 rings (SSSR count). The quantitative estimate of drug-likeness (QED) is 0.344. The standard InChI is InChI=1S/C19H39N3O2/c1-6-20-18(22-15-19(4,5)12-16(2)3)21-9-7-10-23-13-17-8-11-24-14-17/h16-17H,6-15H2,1-5H3,(H2,20,21,22). The Morgan fingerprint density at radius 1 is 1.33 bits per heavy atom. The summed E-state index contributed by atoms with van der Waals surface area (Å²) in [6, 6.07) is 0. The van der Waals surface area contributed by atoms with E-state index in [1.54, 1.807) is 0 Å². The van der Waals surface area contributed by atoms with Crippen molar-refractivity contribution in [2.75, 3.05) is 46.1 Å². The lowest BCUT2D eigenvalue weighted by Gasteiger charge is -2.25. The Kier molecular flexibility index (Phi) is 10.3. The lowest BCUT2D eigenvalue weighted by molar-refractivity contribution is 0.0888. The molecule has 1 aliphatic heterocycles. The summed E-state index contributed by atoms with van der Waals surface area (Å²) in [7, 11) is 0. The summed E-state index contributed by atoms with van der Waals surface area (Å²) in [4.78, 5) is 4.76. The zero-order chi connectivity index (χ0) is 17.8. The van der Waals surface area contributed by atoms with Crippen LogP contribution in [0.3, 0.4) is 0 Å². The van der Waals surface area contributed by atoms with Crippen LogP contribution in [-0.4, -0.2) is 52.0 Å². The monoisotopic (exact) mass is 341 g/mol. The Bertz CT molecular complexity index is 351. The molecule has 0 spiro atoms. The summed E-state index contributed by atoms with van der Waals surface area (Å²) in [5, 5.41) is 6.73. The molecule has 1 aliphatic rings. The number of guanidine groups is 1. The van der Waals surface area contributed by atoms with E-state index in [1.807, 2.05) is 0 Å². The minimum atomic E-state index is 0.239.